The van der Waals surface area contributed by atoms with E-state index < -0.39 is 0 Å². The van der Waals surface area contributed by atoms with E-state index in [0.29, 0.717) is 0 Å². The summed E-state index contributed by atoms with van der Waals surface area (Å²) < 4.78 is 0. The Morgan fingerprint density at radius 3 is 1.47 bits per heavy atom. The number of hydrogen-bond donors (Lipinski definition) is 1. The quantitative estimate of drug-likeness (QED) is 0.411. The predicted octanol–water partition coefficient (Wildman–Crippen LogP) is 4.34. The molecular formula is C28H31N3O. The molecule has 0 aliphatic heterocycles. The molecule has 0 aliphatic rings. The Morgan fingerprint density at radius 1 is 0.656 bits per heavy atom. The zero-order chi connectivity index (χ0) is 22.3. The molecule has 0 bridgehead atoms. The highest BCUT2D eigenvalue weighted by Gasteiger charge is 2.28. The normalized spacial score (nSPS) is 12.0. The molecule has 4 nitrogen and oxygen atoms in total. The lowest BCUT2D eigenvalue weighted by Gasteiger charge is -2.18. The van der Waals surface area contributed by atoms with E-state index in [4.69, 9.17) is 4.99 Å². The number of rotatable bonds is 10. The van der Waals surface area contributed by atoms with Crippen molar-refractivity contribution in [2.45, 2.75) is 25.6 Å². The third-order valence-corrected chi connectivity index (χ3v) is 5.74. The molecule has 0 saturated heterocycles. The molecule has 4 aromatic carbocycles. The molecule has 0 amide bonds. The van der Waals surface area contributed by atoms with E-state index in [1.807, 2.05) is 30.3 Å². The highest BCUT2D eigenvalue weighted by molar-refractivity contribution is 5.84. The van der Waals surface area contributed by atoms with E-state index in [2.05, 4.69) is 84.6 Å². The van der Waals surface area contributed by atoms with Crippen LogP contribution < -0.4 is 15.2 Å². The third kappa shape index (κ3) is 5.45. The summed E-state index contributed by atoms with van der Waals surface area (Å²) in [6, 6.07) is 31.1. The minimum atomic E-state index is -0.157. The number of hydrogen-bond acceptors (Lipinski definition) is 4. The highest BCUT2D eigenvalue weighted by atomic mass is 16.3. The Bertz CT molecular complexity index is 1050. The first kappa shape index (κ1) is 21.8. The van der Waals surface area contributed by atoms with Crippen LogP contribution in [0.25, 0.3) is 0 Å². The first-order chi connectivity index (χ1) is 15.7. The Balaban J connectivity index is 1.59. The topological polar surface area (TPSA) is 39.1 Å². The van der Waals surface area contributed by atoms with Gasteiger partial charge in [0.25, 0.3) is 0 Å². The van der Waals surface area contributed by atoms with E-state index in [-0.39, 0.29) is 12.6 Å². The van der Waals surface area contributed by atoms with Gasteiger partial charge in [-0.2, -0.15) is 0 Å². The first-order valence-corrected chi connectivity index (χ1v) is 11.1. The van der Waals surface area contributed by atoms with Crippen LogP contribution in [0.15, 0.2) is 96.0 Å². The van der Waals surface area contributed by atoms with Crippen molar-refractivity contribution in [1.29, 1.82) is 0 Å². The molecule has 4 heteroatoms. The summed E-state index contributed by atoms with van der Waals surface area (Å²) in [5, 5.41) is 11.0. The zero-order valence-electron chi connectivity index (χ0n) is 18.9. The molecule has 0 aliphatic carbocycles. The van der Waals surface area contributed by atoms with Crippen molar-refractivity contribution >= 4 is 11.4 Å². The van der Waals surface area contributed by atoms with Gasteiger partial charge in [-0.15, -0.1) is 0 Å². The van der Waals surface area contributed by atoms with Gasteiger partial charge in [-0.25, -0.2) is 0 Å². The minimum absolute atomic E-state index is 0.0315. The lowest BCUT2D eigenvalue weighted by molar-refractivity contribution is 0.264. The largest absolute Gasteiger partial charge is 0.394 e. The maximum atomic E-state index is 10.0. The van der Waals surface area contributed by atoms with Crippen molar-refractivity contribution < 1.29 is 5.11 Å². The van der Waals surface area contributed by atoms with Gasteiger partial charge in [0.2, 0.25) is 0 Å². The number of anilines is 2. The second-order valence-corrected chi connectivity index (χ2v) is 8.38. The Labute approximate surface area is 190 Å². The van der Waals surface area contributed by atoms with E-state index in [1.54, 1.807) is 0 Å². The fourth-order valence-corrected chi connectivity index (χ4v) is 4.10. The molecule has 1 atom stereocenters. The summed E-state index contributed by atoms with van der Waals surface area (Å²) in [7, 11) is 4.23. The maximum absolute atomic E-state index is 10.0. The molecule has 164 valence electrons. The van der Waals surface area contributed by atoms with Gasteiger partial charge in [0, 0.05) is 27.2 Å². The summed E-state index contributed by atoms with van der Waals surface area (Å²) >= 11 is 0. The van der Waals surface area contributed by atoms with Gasteiger partial charge in [0.15, 0.2) is 0 Å². The zero-order valence-corrected chi connectivity index (χ0v) is 18.9. The lowest BCUT2D eigenvalue weighted by atomic mass is 10.1. The average molecular weight is 426 g/mol. The first-order valence-electron chi connectivity index (χ1n) is 11.1. The molecule has 4 rings (SSSR count). The van der Waals surface area contributed by atoms with Gasteiger partial charge < -0.3 is 14.9 Å². The summed E-state index contributed by atoms with van der Waals surface area (Å²) in [5.41, 5.74) is 6.05. The molecule has 0 saturated carbocycles. The molecule has 0 aromatic heterocycles. The second kappa shape index (κ2) is 10.3. The smallest absolute Gasteiger partial charge is 0.109 e. The van der Waals surface area contributed by atoms with Crippen molar-refractivity contribution in [3.8, 4) is 0 Å². The molecule has 0 heterocycles. The fourth-order valence-electron chi connectivity index (χ4n) is 4.10. The number of aliphatic hydroxyl groups excluding tert-OH is 1. The van der Waals surface area contributed by atoms with Crippen LogP contribution in [0.2, 0.25) is 0 Å². The van der Waals surface area contributed by atoms with Crippen LogP contribution in [0.4, 0.5) is 11.4 Å². The number of nitrogens with zero attached hydrogens (tertiary/aromatic N) is 3. The monoisotopic (exact) mass is 425 g/mol. The Morgan fingerprint density at radius 2 is 1.06 bits per heavy atom. The van der Waals surface area contributed by atoms with Gasteiger partial charge >= 0.3 is 0 Å². The van der Waals surface area contributed by atoms with Crippen LogP contribution in [0.3, 0.4) is 0 Å². The van der Waals surface area contributed by atoms with Crippen molar-refractivity contribution in [2.75, 3.05) is 30.5 Å². The van der Waals surface area contributed by atoms with Crippen molar-refractivity contribution in [3.05, 3.63) is 113 Å². The molecule has 0 radical (unpaired) electrons. The third-order valence-electron chi connectivity index (χ3n) is 5.74. The average Bonchev–Trinajstić information content (AvgIpc) is 3.54. The molecule has 32 heavy (non-hydrogen) atoms. The lowest BCUT2D eigenvalue weighted by Crippen LogP contribution is -2.19. The van der Waals surface area contributed by atoms with E-state index >= 15 is 0 Å². The minimum Gasteiger partial charge on any atom is -0.394 e. The molecule has 0 unspecified atom stereocenters. The van der Waals surface area contributed by atoms with E-state index in [0.717, 1.165) is 24.9 Å². The van der Waals surface area contributed by atoms with Crippen molar-refractivity contribution in [1.82, 2.24) is 0 Å². The fraction of sp³-hybridized carbons (Fsp3) is 0.250. The second-order valence-electron chi connectivity index (χ2n) is 8.38. The highest BCUT2D eigenvalue weighted by Crippen LogP contribution is 2.33. The van der Waals surface area contributed by atoms with Gasteiger partial charge in [0.05, 0.1) is 24.0 Å². The standard InChI is InChI=1S/C28H31N3O/c1-30(19-23-14-8-4-9-15-23)27-26(28(27)31(2)20-24-16-10-5-11-17-24)29-25(21-32)18-22-12-6-3-7-13-22/h3-17,25,32H,18-21H2,1-2H3/t25-/m0/s1. The van der Waals surface area contributed by atoms with E-state index in [9.17, 15) is 5.11 Å². The molecule has 4 aromatic rings. The molecule has 0 fully saturated rings. The van der Waals surface area contributed by atoms with E-state index in [1.165, 1.54) is 28.1 Å². The summed E-state index contributed by atoms with van der Waals surface area (Å²) in [6.45, 7) is 1.67. The van der Waals surface area contributed by atoms with Crippen molar-refractivity contribution in [2.24, 2.45) is 4.99 Å². The Kier molecular flexibility index (Phi) is 7.03. The van der Waals surface area contributed by atoms with Gasteiger partial charge in [-0.05, 0) is 23.1 Å². The predicted molar refractivity (Wildman–Crippen MR) is 132 cm³/mol. The van der Waals surface area contributed by atoms with Crippen LogP contribution in [-0.2, 0) is 19.5 Å². The number of aliphatic hydroxyl groups is 1. The maximum Gasteiger partial charge on any atom is 0.109 e. The summed E-state index contributed by atoms with van der Waals surface area (Å²) in [6.07, 6.45) is 0.728. The van der Waals surface area contributed by atoms with Gasteiger partial charge in [0.1, 0.15) is 5.36 Å². The Hall–Kier alpha value is -3.37. The molecule has 1 N–H and O–H groups in total. The molecule has 0 spiro atoms. The van der Waals surface area contributed by atoms with Crippen LogP contribution in [-0.4, -0.2) is 31.9 Å². The van der Waals surface area contributed by atoms with Gasteiger partial charge in [-0.3, -0.25) is 4.99 Å². The van der Waals surface area contributed by atoms with Crippen LogP contribution in [0, 0.1) is 0 Å². The molecular weight excluding hydrogens is 394 g/mol. The van der Waals surface area contributed by atoms with Crippen LogP contribution >= 0.6 is 0 Å². The van der Waals surface area contributed by atoms with Crippen LogP contribution in [0.1, 0.15) is 16.7 Å². The van der Waals surface area contributed by atoms with Crippen LogP contribution in [0.5, 0.6) is 0 Å². The number of benzene rings is 3. The SMILES string of the molecule is CN(Cc1ccccc1)c1c(N(C)Cc2ccccc2)c1=N[C@H](CO)Cc1ccccc1. The summed E-state index contributed by atoms with van der Waals surface area (Å²) in [5.74, 6) is 0. The van der Waals surface area contributed by atoms with Crippen molar-refractivity contribution in [3.63, 3.8) is 0 Å². The summed E-state index contributed by atoms with van der Waals surface area (Å²) in [4.78, 5) is 9.53. The van der Waals surface area contributed by atoms with Gasteiger partial charge in [-0.1, -0.05) is 91.0 Å².